The van der Waals surface area contributed by atoms with Crippen LogP contribution in [0.25, 0.3) is 0 Å². The quantitative estimate of drug-likeness (QED) is 0.734. The van der Waals surface area contributed by atoms with Gasteiger partial charge in [-0.1, -0.05) is 15.9 Å². The fraction of sp³-hybridized carbons (Fsp3) is 0.333. The summed E-state index contributed by atoms with van der Waals surface area (Å²) in [6.45, 7) is 2.40. The monoisotopic (exact) mass is 229 g/mol. The van der Waals surface area contributed by atoms with Crippen LogP contribution in [0.5, 0.6) is 11.5 Å². The molecule has 0 heterocycles. The highest BCUT2D eigenvalue weighted by atomic mass is 79.9. The molecule has 12 heavy (non-hydrogen) atoms. The zero-order valence-electron chi connectivity index (χ0n) is 6.84. The predicted molar refractivity (Wildman–Crippen MR) is 50.6 cm³/mol. The van der Waals surface area contributed by atoms with Crippen LogP contribution in [0.1, 0.15) is 5.56 Å². The predicted octanol–water partition coefficient (Wildman–Crippen LogP) is 2.91. The van der Waals surface area contributed by atoms with Crippen LogP contribution in [-0.4, -0.2) is 11.9 Å². The molecule has 0 aliphatic heterocycles. The highest BCUT2D eigenvalue weighted by molar-refractivity contribution is 9.09. The molecule has 0 saturated carbocycles. The number of alkyl halides is 1. The Bertz CT molecular complexity index is 261. The third-order valence-electron chi connectivity index (χ3n) is 1.49. The molecule has 0 amide bonds. The minimum atomic E-state index is 0.0567. The van der Waals surface area contributed by atoms with E-state index in [0.717, 1.165) is 16.6 Å². The first-order valence-corrected chi connectivity index (χ1v) is 4.82. The van der Waals surface area contributed by atoms with Crippen molar-refractivity contribution in [3.8, 4) is 11.5 Å². The van der Waals surface area contributed by atoms with Gasteiger partial charge >= 0.3 is 0 Å². The second-order valence-electron chi connectivity index (χ2n) is 2.46. The average Bonchev–Trinajstić information content (AvgIpc) is 2.07. The van der Waals surface area contributed by atoms with Gasteiger partial charge in [0, 0.05) is 10.9 Å². The van der Waals surface area contributed by atoms with Crippen LogP contribution >= 0.6 is 15.9 Å². The number of rotatable bonds is 3. The lowest BCUT2D eigenvalue weighted by molar-refractivity contribution is 0.336. The summed E-state index contributed by atoms with van der Waals surface area (Å²) >= 11 is 3.25. The minimum Gasteiger partial charge on any atom is -0.493 e. The lowest BCUT2D eigenvalue weighted by Gasteiger charge is -2.04. The van der Waals surface area contributed by atoms with Crippen molar-refractivity contribution >= 4 is 15.9 Å². The van der Waals surface area contributed by atoms with Gasteiger partial charge in [0.05, 0.1) is 6.61 Å². The van der Waals surface area contributed by atoms with E-state index >= 15 is 0 Å². The largest absolute Gasteiger partial charge is 0.493 e. The van der Waals surface area contributed by atoms with Gasteiger partial charge in [-0.25, -0.2) is 0 Å². The summed E-state index contributed by atoms with van der Waals surface area (Å²) in [5, 5.41) is 11.8. The third kappa shape index (κ3) is 2.41. The maximum absolute atomic E-state index is 11.0. The molecule has 0 aliphatic carbocycles. The molecule has 1 aromatic carbocycles. The smallest absolute Gasteiger partial charge is 0.181 e. The highest BCUT2D eigenvalue weighted by Gasteiger charge is 1.99. The van der Waals surface area contributed by atoms with Crippen LogP contribution < -0.4 is 4.74 Å². The molecule has 0 unspecified atom stereocenters. The zero-order valence-corrected chi connectivity index (χ0v) is 8.43. The standard InChI is InChI=1S/C9H10BrO2/c1-7-6-8(12-5-4-10)2-3-9(7)11/h2-3,6H,4-5H2,1H3. The molecule has 0 spiro atoms. The Labute approximate surface area is 80.3 Å². The lowest BCUT2D eigenvalue weighted by atomic mass is 10.2. The molecule has 0 saturated heterocycles. The average molecular weight is 230 g/mol. The van der Waals surface area contributed by atoms with Crippen LogP contribution in [0.15, 0.2) is 18.2 Å². The van der Waals surface area contributed by atoms with Crippen molar-refractivity contribution in [2.24, 2.45) is 0 Å². The summed E-state index contributed by atoms with van der Waals surface area (Å²) in [5.41, 5.74) is 0.724. The third-order valence-corrected chi connectivity index (χ3v) is 1.82. The van der Waals surface area contributed by atoms with E-state index in [0.29, 0.717) is 6.61 Å². The molecule has 0 bridgehead atoms. The van der Waals surface area contributed by atoms with Gasteiger partial charge in [-0.15, -0.1) is 0 Å². The van der Waals surface area contributed by atoms with E-state index in [1.165, 1.54) is 6.07 Å². The molecule has 0 atom stereocenters. The molecule has 0 fully saturated rings. The topological polar surface area (TPSA) is 29.1 Å². The number of benzene rings is 1. The zero-order chi connectivity index (χ0) is 8.97. The molecule has 1 aromatic rings. The normalized spacial score (nSPS) is 9.83. The lowest BCUT2D eigenvalue weighted by Crippen LogP contribution is -1.97. The van der Waals surface area contributed by atoms with Gasteiger partial charge in [0.1, 0.15) is 5.75 Å². The molecule has 1 radical (unpaired) electrons. The number of halogens is 1. The van der Waals surface area contributed by atoms with Crippen molar-refractivity contribution in [3.63, 3.8) is 0 Å². The Hall–Kier alpha value is -0.700. The first-order chi connectivity index (χ1) is 5.74. The molecule has 65 valence electrons. The van der Waals surface area contributed by atoms with E-state index in [1.54, 1.807) is 19.1 Å². The van der Waals surface area contributed by atoms with Crippen LogP contribution in [0.4, 0.5) is 0 Å². The maximum atomic E-state index is 11.0. The summed E-state index contributed by atoms with van der Waals surface area (Å²) in [6, 6.07) is 4.97. The Morgan fingerprint density at radius 2 is 2.25 bits per heavy atom. The number of hydrogen-bond acceptors (Lipinski definition) is 1. The van der Waals surface area contributed by atoms with Gasteiger partial charge in [-0.05, 0) is 25.1 Å². The van der Waals surface area contributed by atoms with E-state index in [-0.39, 0.29) is 5.75 Å². The minimum absolute atomic E-state index is 0.0567. The van der Waals surface area contributed by atoms with Crippen molar-refractivity contribution in [2.75, 3.05) is 11.9 Å². The van der Waals surface area contributed by atoms with Crippen molar-refractivity contribution in [2.45, 2.75) is 6.92 Å². The van der Waals surface area contributed by atoms with Gasteiger partial charge in [-0.3, -0.25) is 5.11 Å². The highest BCUT2D eigenvalue weighted by Crippen LogP contribution is 2.22. The fourth-order valence-electron chi connectivity index (χ4n) is 0.868. The second-order valence-corrected chi connectivity index (χ2v) is 3.26. The van der Waals surface area contributed by atoms with E-state index in [2.05, 4.69) is 15.9 Å². The molecule has 0 N–H and O–H groups in total. The van der Waals surface area contributed by atoms with Gasteiger partial charge in [0.2, 0.25) is 0 Å². The summed E-state index contributed by atoms with van der Waals surface area (Å²) in [5.74, 6) is 0.813. The van der Waals surface area contributed by atoms with Crippen LogP contribution in [0, 0.1) is 6.92 Å². The van der Waals surface area contributed by atoms with Gasteiger partial charge in [-0.2, -0.15) is 0 Å². The summed E-state index contributed by atoms with van der Waals surface area (Å²) < 4.78 is 5.31. The first-order valence-electron chi connectivity index (χ1n) is 3.70. The van der Waals surface area contributed by atoms with Crippen molar-refractivity contribution in [1.82, 2.24) is 0 Å². The molecule has 3 heteroatoms. The van der Waals surface area contributed by atoms with Gasteiger partial charge < -0.3 is 4.74 Å². The van der Waals surface area contributed by atoms with Crippen LogP contribution in [0.2, 0.25) is 0 Å². The summed E-state index contributed by atoms with van der Waals surface area (Å²) in [7, 11) is 0. The van der Waals surface area contributed by atoms with Crippen LogP contribution in [0.3, 0.4) is 0 Å². The summed E-state index contributed by atoms with van der Waals surface area (Å²) in [6.07, 6.45) is 0. The molecular formula is C9H10BrO2. The second kappa shape index (κ2) is 4.36. The number of ether oxygens (including phenoxy) is 1. The van der Waals surface area contributed by atoms with E-state index in [9.17, 15) is 5.11 Å². The Morgan fingerprint density at radius 1 is 1.50 bits per heavy atom. The van der Waals surface area contributed by atoms with E-state index in [4.69, 9.17) is 4.74 Å². The SMILES string of the molecule is Cc1cc(OCCBr)ccc1[O]. The number of hydrogen-bond donors (Lipinski definition) is 0. The van der Waals surface area contributed by atoms with Crippen molar-refractivity contribution in [3.05, 3.63) is 23.8 Å². The van der Waals surface area contributed by atoms with Crippen molar-refractivity contribution in [1.29, 1.82) is 0 Å². The van der Waals surface area contributed by atoms with E-state index < -0.39 is 0 Å². The molecular weight excluding hydrogens is 220 g/mol. The Kier molecular flexibility index (Phi) is 3.41. The van der Waals surface area contributed by atoms with E-state index in [1.807, 2.05) is 0 Å². The first kappa shape index (κ1) is 9.39. The van der Waals surface area contributed by atoms with Gasteiger partial charge in [0.25, 0.3) is 0 Å². The number of aryl methyl sites for hydroxylation is 1. The van der Waals surface area contributed by atoms with Gasteiger partial charge in [0.15, 0.2) is 5.75 Å². The molecule has 0 aromatic heterocycles. The molecule has 0 aliphatic rings. The Balaban J connectivity index is 2.69. The fourth-order valence-corrected chi connectivity index (χ4v) is 1.03. The molecule has 2 nitrogen and oxygen atoms in total. The Morgan fingerprint density at radius 3 is 2.83 bits per heavy atom. The van der Waals surface area contributed by atoms with Crippen molar-refractivity contribution < 1.29 is 9.84 Å². The van der Waals surface area contributed by atoms with Crippen LogP contribution in [-0.2, 0) is 5.11 Å². The molecule has 1 rings (SSSR count). The summed E-state index contributed by atoms with van der Waals surface area (Å²) in [4.78, 5) is 0. The maximum Gasteiger partial charge on any atom is 0.181 e.